The highest BCUT2D eigenvalue weighted by molar-refractivity contribution is 6.80. The Balaban J connectivity index is 1.29. The summed E-state index contributed by atoms with van der Waals surface area (Å²) in [6, 6.07) is 0. The van der Waals surface area contributed by atoms with E-state index in [1.54, 1.807) is 89.9 Å². The number of rotatable bonds is 3. The first-order valence-corrected chi connectivity index (χ1v) is 16.7. The molecule has 5 fully saturated rings. The van der Waals surface area contributed by atoms with E-state index in [4.69, 9.17) is 0 Å². The molecule has 5 rings (SSSR count). The van der Waals surface area contributed by atoms with Crippen LogP contribution in [0.15, 0.2) is 0 Å². The van der Waals surface area contributed by atoms with Crippen molar-refractivity contribution in [1.29, 1.82) is 0 Å². The fourth-order valence-electron chi connectivity index (χ4n) is 10.3. The highest BCUT2D eigenvalue weighted by Gasteiger charge is 2.56. The van der Waals surface area contributed by atoms with Crippen LogP contribution >= 0.6 is 0 Å². The summed E-state index contributed by atoms with van der Waals surface area (Å²) >= 11 is 0. The van der Waals surface area contributed by atoms with Crippen molar-refractivity contribution < 1.29 is 0 Å². The van der Waals surface area contributed by atoms with Crippen molar-refractivity contribution >= 4 is 8.07 Å². The van der Waals surface area contributed by atoms with Crippen LogP contribution in [-0.4, -0.2) is 8.07 Å². The molecule has 8 unspecified atom stereocenters. The lowest BCUT2D eigenvalue weighted by Gasteiger charge is -2.47. The molecule has 5 aliphatic rings. The van der Waals surface area contributed by atoms with E-state index in [0.29, 0.717) is 0 Å². The maximum atomic E-state index is 2.88. The third-order valence-corrected chi connectivity index (χ3v) is 16.6. The largest absolute Gasteiger partial charge is 0.0689 e. The van der Waals surface area contributed by atoms with E-state index in [-0.39, 0.29) is 0 Å². The maximum Gasteiger partial charge on any atom is 0.0544 e. The lowest BCUT2D eigenvalue weighted by molar-refractivity contribution is 0.130. The molecule has 28 heavy (non-hydrogen) atoms. The van der Waals surface area contributed by atoms with Gasteiger partial charge in [-0.3, -0.25) is 0 Å². The lowest BCUT2D eigenvalue weighted by atomic mass is 9.68. The van der Waals surface area contributed by atoms with Gasteiger partial charge in [-0.05, 0) is 78.2 Å². The SMILES string of the molecule is CC1CC2CC(C3CCCCC3)CCC2C1[Si](C)(C)C1CCC2CCCCC21. The Morgan fingerprint density at radius 2 is 1.21 bits per heavy atom. The number of hydrogen-bond donors (Lipinski definition) is 0. The van der Waals surface area contributed by atoms with Crippen LogP contribution in [-0.2, 0) is 0 Å². The van der Waals surface area contributed by atoms with E-state index in [9.17, 15) is 0 Å². The summed E-state index contributed by atoms with van der Waals surface area (Å²) in [6.07, 6.45) is 23.7. The Bertz CT molecular complexity index is 532. The molecule has 0 radical (unpaired) electrons. The van der Waals surface area contributed by atoms with Crippen LogP contribution in [0.3, 0.4) is 0 Å². The standard InChI is InChI=1S/C27H48Si/c1-19-17-23-18-22(20-9-5-4-6-10-20)13-15-25(23)27(19)28(2,3)26-16-14-21-11-7-8-12-24(21)26/h19-27H,4-18H2,1-3H3. The third kappa shape index (κ3) is 3.48. The Hall–Kier alpha value is 0.217. The zero-order valence-corrected chi connectivity index (χ0v) is 20.3. The summed E-state index contributed by atoms with van der Waals surface area (Å²) < 4.78 is 0. The average Bonchev–Trinajstić information content (AvgIpc) is 3.29. The summed E-state index contributed by atoms with van der Waals surface area (Å²) in [7, 11) is -1.18. The molecule has 8 atom stereocenters. The van der Waals surface area contributed by atoms with E-state index in [2.05, 4.69) is 20.0 Å². The smallest absolute Gasteiger partial charge is 0.0544 e. The van der Waals surface area contributed by atoms with Gasteiger partial charge in [0.2, 0.25) is 0 Å². The van der Waals surface area contributed by atoms with Gasteiger partial charge in [0.15, 0.2) is 0 Å². The molecule has 0 bridgehead atoms. The summed E-state index contributed by atoms with van der Waals surface area (Å²) in [5, 5.41) is 0. The van der Waals surface area contributed by atoms with Crippen molar-refractivity contribution in [2.45, 2.75) is 127 Å². The van der Waals surface area contributed by atoms with Gasteiger partial charge in [0.25, 0.3) is 0 Å². The minimum atomic E-state index is -1.18. The maximum absolute atomic E-state index is 2.88. The Labute approximate surface area is 177 Å². The van der Waals surface area contributed by atoms with Crippen molar-refractivity contribution in [1.82, 2.24) is 0 Å². The molecule has 0 amide bonds. The first kappa shape index (κ1) is 20.1. The molecule has 160 valence electrons. The minimum Gasteiger partial charge on any atom is -0.0689 e. The van der Waals surface area contributed by atoms with Crippen LogP contribution in [0.1, 0.15) is 103 Å². The van der Waals surface area contributed by atoms with Crippen LogP contribution in [0.25, 0.3) is 0 Å². The molecular formula is C27H48Si. The van der Waals surface area contributed by atoms with Crippen molar-refractivity contribution in [3.63, 3.8) is 0 Å². The molecule has 0 N–H and O–H groups in total. The lowest BCUT2D eigenvalue weighted by Crippen LogP contribution is -2.45. The number of hydrogen-bond acceptors (Lipinski definition) is 0. The Kier molecular flexibility index (Phi) is 5.79. The zero-order chi connectivity index (χ0) is 19.3. The van der Waals surface area contributed by atoms with Gasteiger partial charge in [0.1, 0.15) is 0 Å². The van der Waals surface area contributed by atoms with Gasteiger partial charge in [-0.15, -0.1) is 0 Å². The van der Waals surface area contributed by atoms with E-state index in [0.717, 1.165) is 47.0 Å². The predicted molar refractivity (Wildman–Crippen MR) is 124 cm³/mol. The molecule has 0 nitrogen and oxygen atoms in total. The fourth-order valence-corrected chi connectivity index (χ4v) is 16.4. The van der Waals surface area contributed by atoms with Crippen LogP contribution in [0.5, 0.6) is 0 Å². The van der Waals surface area contributed by atoms with Crippen LogP contribution in [0, 0.1) is 41.4 Å². The quantitative estimate of drug-likeness (QED) is 0.415. The molecule has 0 heterocycles. The van der Waals surface area contributed by atoms with Gasteiger partial charge in [-0.2, -0.15) is 0 Å². The van der Waals surface area contributed by atoms with Gasteiger partial charge in [0, 0.05) is 0 Å². The van der Waals surface area contributed by atoms with Crippen LogP contribution in [0.4, 0.5) is 0 Å². The molecule has 0 spiro atoms. The summed E-state index contributed by atoms with van der Waals surface area (Å²) in [5.74, 6) is 7.83. The second kappa shape index (κ2) is 8.05. The van der Waals surface area contributed by atoms with Crippen molar-refractivity contribution in [2.75, 3.05) is 0 Å². The molecule has 1 heteroatoms. The first-order chi connectivity index (χ1) is 13.6. The monoisotopic (exact) mass is 400 g/mol. The van der Waals surface area contributed by atoms with Gasteiger partial charge in [-0.1, -0.05) is 90.6 Å². The van der Waals surface area contributed by atoms with Crippen molar-refractivity contribution in [3.05, 3.63) is 0 Å². The summed E-state index contributed by atoms with van der Waals surface area (Å²) in [5.41, 5.74) is 2.34. The highest BCUT2D eigenvalue weighted by Crippen LogP contribution is 2.64. The molecule has 0 aliphatic heterocycles. The molecule has 0 aromatic rings. The van der Waals surface area contributed by atoms with Gasteiger partial charge >= 0.3 is 0 Å². The molecule has 5 saturated carbocycles. The second-order valence-corrected chi connectivity index (χ2v) is 17.9. The minimum absolute atomic E-state index is 1.05. The Morgan fingerprint density at radius 1 is 0.536 bits per heavy atom. The molecule has 0 saturated heterocycles. The zero-order valence-electron chi connectivity index (χ0n) is 19.3. The van der Waals surface area contributed by atoms with E-state index < -0.39 is 8.07 Å². The van der Waals surface area contributed by atoms with E-state index in [1.807, 2.05) is 0 Å². The van der Waals surface area contributed by atoms with E-state index in [1.165, 1.54) is 12.0 Å². The van der Waals surface area contributed by atoms with Crippen molar-refractivity contribution in [2.24, 2.45) is 41.4 Å². The highest BCUT2D eigenvalue weighted by atomic mass is 28.3. The van der Waals surface area contributed by atoms with Crippen LogP contribution in [0.2, 0.25) is 24.2 Å². The summed E-state index contributed by atoms with van der Waals surface area (Å²) in [4.78, 5) is 0. The van der Waals surface area contributed by atoms with Gasteiger partial charge in [-0.25, -0.2) is 0 Å². The molecule has 0 aromatic heterocycles. The average molecular weight is 401 g/mol. The molecule has 5 aliphatic carbocycles. The van der Waals surface area contributed by atoms with Gasteiger partial charge < -0.3 is 0 Å². The molecule has 0 aromatic carbocycles. The fraction of sp³-hybridized carbons (Fsp3) is 1.00. The normalized spacial score (nSPS) is 47.7. The van der Waals surface area contributed by atoms with Gasteiger partial charge in [0.05, 0.1) is 8.07 Å². The predicted octanol–water partition coefficient (Wildman–Crippen LogP) is 8.69. The van der Waals surface area contributed by atoms with Crippen LogP contribution < -0.4 is 0 Å². The van der Waals surface area contributed by atoms with Crippen molar-refractivity contribution in [3.8, 4) is 0 Å². The first-order valence-electron chi connectivity index (χ1n) is 13.6. The summed E-state index contributed by atoms with van der Waals surface area (Å²) in [6.45, 7) is 8.46. The third-order valence-electron chi connectivity index (χ3n) is 11.3. The molecular weight excluding hydrogens is 352 g/mol. The second-order valence-electron chi connectivity index (χ2n) is 12.8. The topological polar surface area (TPSA) is 0 Å². The van der Waals surface area contributed by atoms with E-state index >= 15 is 0 Å². The number of fused-ring (bicyclic) bond motifs is 2. The Morgan fingerprint density at radius 3 is 2.04 bits per heavy atom.